The zero-order valence-electron chi connectivity index (χ0n) is 25.2. The van der Waals surface area contributed by atoms with Gasteiger partial charge in [-0.05, 0) is 23.9 Å². The van der Waals surface area contributed by atoms with Crippen molar-refractivity contribution in [1.82, 2.24) is 0 Å². The average molecular weight is 660 g/mol. The van der Waals surface area contributed by atoms with Gasteiger partial charge in [0.15, 0.2) is 0 Å². The van der Waals surface area contributed by atoms with Crippen molar-refractivity contribution in [3.05, 3.63) is 130 Å². The Kier molecular flexibility index (Phi) is 11.3. The van der Waals surface area contributed by atoms with Crippen LogP contribution < -0.4 is 5.11 Å². The molecular weight excluding hydrogens is 615 g/mol. The molecule has 0 N–H and O–H groups in total. The van der Waals surface area contributed by atoms with Crippen LogP contribution in [-0.4, -0.2) is 25.7 Å². The van der Waals surface area contributed by atoms with Crippen LogP contribution in [0.15, 0.2) is 102 Å². The van der Waals surface area contributed by atoms with Crippen molar-refractivity contribution in [2.75, 3.05) is 0 Å². The summed E-state index contributed by atoms with van der Waals surface area (Å²) in [6.45, 7) is 16.5. The van der Waals surface area contributed by atoms with Gasteiger partial charge in [0.2, 0.25) is 0 Å². The molecule has 0 aliphatic carbocycles. The number of benzene rings is 3. The molecule has 4 heteroatoms. The van der Waals surface area contributed by atoms with Crippen LogP contribution in [-0.2, 0) is 16.2 Å². The van der Waals surface area contributed by atoms with E-state index >= 15 is 0 Å². The second-order valence-corrected chi connectivity index (χ2v) is 21.0. The van der Waals surface area contributed by atoms with E-state index in [0.29, 0.717) is 4.88 Å². The quantitative estimate of drug-likeness (QED) is 0.160. The molecule has 0 unspecified atom stereocenters. The standard InChI is InChI=1S/3C10H13.C6H6O2S.Sn/c3*1-10(2,3)9-7-5-4-6-8-9;1-4-2-3-9-5(4)6(7)8;/h3*4-8H,1H2,2-3H3;2-3H,1H3,(H,7,8);/q;;;;+1/p-1. The molecule has 1 heterocycles. The summed E-state index contributed by atoms with van der Waals surface area (Å²) >= 11 is -0.642. The van der Waals surface area contributed by atoms with E-state index in [1.807, 2.05) is 0 Å². The van der Waals surface area contributed by atoms with Crippen LogP contribution in [0, 0.1) is 6.92 Å². The van der Waals surface area contributed by atoms with E-state index in [-0.39, 0.29) is 16.2 Å². The summed E-state index contributed by atoms with van der Waals surface area (Å²) < 4.78 is 4.14. The van der Waals surface area contributed by atoms with Crippen molar-refractivity contribution in [3.8, 4) is 0 Å². The van der Waals surface area contributed by atoms with Crippen LogP contribution in [0.4, 0.5) is 0 Å². The van der Waals surface area contributed by atoms with Gasteiger partial charge in [-0.25, -0.2) is 0 Å². The fraction of sp³-hybridized carbons (Fsp3) is 0.361. The summed E-state index contributed by atoms with van der Waals surface area (Å²) in [7, 11) is 0. The molecule has 4 rings (SSSR count). The predicted molar refractivity (Wildman–Crippen MR) is 172 cm³/mol. The first kappa shape index (κ1) is 32.1. The van der Waals surface area contributed by atoms with Gasteiger partial charge in [-0.1, -0.05) is 0 Å². The van der Waals surface area contributed by atoms with Crippen molar-refractivity contribution >= 4 is 37.1 Å². The molecule has 210 valence electrons. The Labute approximate surface area is 253 Å². The number of carboxylic acid groups (broad SMARTS) is 1. The number of aromatic carboxylic acids is 1. The minimum atomic E-state index is -1.84. The second kappa shape index (κ2) is 14.0. The van der Waals surface area contributed by atoms with Crippen LogP contribution in [0.1, 0.15) is 73.5 Å². The molecule has 0 fully saturated rings. The molecule has 4 aromatic rings. The Morgan fingerprint density at radius 2 is 0.950 bits per heavy atom. The SMILES string of the molecule is CC(C)([CH2][Sn+]([CH2]C(C)(C)c1ccccc1)[CH2]C(C)(C)c1ccccc1)c1ccccc1.Cc1ccsc1C(=O)[O-]. The van der Waals surface area contributed by atoms with E-state index in [1.165, 1.54) is 41.3 Å². The largest absolute Gasteiger partial charge is 0.544 e. The van der Waals surface area contributed by atoms with Crippen molar-refractivity contribution in [1.29, 1.82) is 0 Å². The summed E-state index contributed by atoms with van der Waals surface area (Å²) in [5.74, 6) is -1.08. The number of hydrogen-bond donors (Lipinski definition) is 0. The van der Waals surface area contributed by atoms with Crippen LogP contribution in [0.25, 0.3) is 0 Å². The van der Waals surface area contributed by atoms with Crippen molar-refractivity contribution in [3.63, 3.8) is 0 Å². The summed E-state index contributed by atoms with van der Waals surface area (Å²) in [5.41, 5.74) is 5.94. The van der Waals surface area contributed by atoms with Gasteiger partial charge in [0.25, 0.3) is 0 Å². The van der Waals surface area contributed by atoms with Gasteiger partial charge < -0.3 is 9.90 Å². The van der Waals surface area contributed by atoms with Crippen molar-refractivity contribution < 1.29 is 9.90 Å². The zero-order valence-corrected chi connectivity index (χ0v) is 28.8. The second-order valence-electron chi connectivity index (χ2n) is 12.8. The number of thiophene rings is 1. The summed E-state index contributed by atoms with van der Waals surface area (Å²) in [5, 5.41) is 11.9. The average Bonchev–Trinajstić information content (AvgIpc) is 3.36. The van der Waals surface area contributed by atoms with E-state index in [2.05, 4.69) is 133 Å². The number of aryl methyl sites for hydroxylation is 1. The van der Waals surface area contributed by atoms with E-state index < -0.39 is 25.7 Å². The van der Waals surface area contributed by atoms with Gasteiger partial charge in [-0.2, -0.15) is 0 Å². The minimum absolute atomic E-state index is 0.232. The minimum Gasteiger partial charge on any atom is -0.544 e. The fourth-order valence-electron chi connectivity index (χ4n) is 5.62. The molecule has 0 radical (unpaired) electrons. The molecule has 40 heavy (non-hydrogen) atoms. The summed E-state index contributed by atoms with van der Waals surface area (Å²) in [6.07, 6.45) is 0. The Balaban J connectivity index is 0.000000415. The monoisotopic (exact) mass is 660 g/mol. The number of rotatable bonds is 10. The molecule has 0 aliphatic rings. The zero-order chi connectivity index (χ0) is 29.4. The maximum atomic E-state index is 10.2. The van der Waals surface area contributed by atoms with Crippen LogP contribution in [0.5, 0.6) is 0 Å². The van der Waals surface area contributed by atoms with Crippen LogP contribution in [0.3, 0.4) is 0 Å². The first-order valence-corrected chi connectivity index (χ1v) is 21.0. The van der Waals surface area contributed by atoms with Gasteiger partial charge in [-0.15, -0.1) is 11.3 Å². The first-order chi connectivity index (χ1) is 18.8. The maximum Gasteiger partial charge on any atom is 0.0817 e. The molecule has 2 nitrogen and oxygen atoms in total. The number of carbonyl (C=O) groups is 1. The van der Waals surface area contributed by atoms with Gasteiger partial charge in [0, 0.05) is 0 Å². The molecule has 0 bridgehead atoms. The van der Waals surface area contributed by atoms with Crippen LogP contribution in [0.2, 0.25) is 13.3 Å². The molecular formula is C36H44O2SSn. The topological polar surface area (TPSA) is 40.1 Å². The molecule has 1 aromatic heterocycles. The van der Waals surface area contributed by atoms with E-state index in [1.54, 1.807) is 18.4 Å². The third-order valence-corrected chi connectivity index (χ3v) is 20.6. The van der Waals surface area contributed by atoms with Gasteiger partial charge >= 0.3 is 199 Å². The Bertz CT molecular complexity index is 1200. The fourth-order valence-corrected chi connectivity index (χ4v) is 19.9. The van der Waals surface area contributed by atoms with Gasteiger partial charge in [0.05, 0.1) is 10.8 Å². The third-order valence-electron chi connectivity index (χ3n) is 7.79. The predicted octanol–water partition coefficient (Wildman–Crippen LogP) is 8.83. The molecule has 0 saturated heterocycles. The Hall–Kier alpha value is -2.37. The molecule has 0 saturated carbocycles. The first-order valence-electron chi connectivity index (χ1n) is 14.1. The summed E-state index contributed by atoms with van der Waals surface area (Å²) in [4.78, 5) is 10.5. The molecule has 0 atom stereocenters. The number of carboxylic acids is 1. The van der Waals surface area contributed by atoms with Crippen molar-refractivity contribution in [2.24, 2.45) is 0 Å². The van der Waals surface area contributed by atoms with Gasteiger partial charge in [-0.3, -0.25) is 0 Å². The number of carbonyl (C=O) groups excluding carboxylic acids is 1. The molecule has 0 spiro atoms. The smallest absolute Gasteiger partial charge is 0.0817 e. The normalized spacial score (nSPS) is 11.9. The van der Waals surface area contributed by atoms with Crippen molar-refractivity contribution in [2.45, 2.75) is 78.0 Å². The van der Waals surface area contributed by atoms with E-state index in [9.17, 15) is 9.90 Å². The van der Waals surface area contributed by atoms with E-state index in [4.69, 9.17) is 0 Å². The van der Waals surface area contributed by atoms with E-state index in [0.717, 1.165) is 5.56 Å². The Morgan fingerprint density at radius 1 is 0.625 bits per heavy atom. The van der Waals surface area contributed by atoms with Crippen LogP contribution >= 0.6 is 11.3 Å². The van der Waals surface area contributed by atoms with Gasteiger partial charge in [0.1, 0.15) is 0 Å². The number of hydrogen-bond acceptors (Lipinski definition) is 3. The molecule has 0 aliphatic heterocycles. The molecule has 0 amide bonds. The molecule has 3 aromatic carbocycles. The summed E-state index contributed by atoms with van der Waals surface area (Å²) in [6, 6.07) is 35.3. The Morgan fingerprint density at radius 3 is 1.18 bits per heavy atom. The maximum absolute atomic E-state index is 10.2. The third kappa shape index (κ3) is 9.07.